The van der Waals surface area contributed by atoms with Crippen molar-refractivity contribution in [2.24, 2.45) is 12.8 Å². The normalized spacial score (nSPS) is 10.5. The van der Waals surface area contributed by atoms with E-state index in [1.807, 2.05) is 36.7 Å². The zero-order valence-corrected chi connectivity index (χ0v) is 10.5. The Hall–Kier alpha value is -1.82. The molecule has 1 aromatic carbocycles. The fraction of sp³-hybridized carbons (Fsp3) is 0.182. The van der Waals surface area contributed by atoms with Crippen LogP contribution in [0.15, 0.2) is 34.6 Å². The van der Waals surface area contributed by atoms with E-state index in [2.05, 4.69) is 10.2 Å². The zero-order chi connectivity index (χ0) is 12.4. The molecule has 0 atom stereocenters. The summed E-state index contributed by atoms with van der Waals surface area (Å²) in [5.41, 5.74) is 7.26. The van der Waals surface area contributed by atoms with Crippen LogP contribution in [0.3, 0.4) is 0 Å². The van der Waals surface area contributed by atoms with Gasteiger partial charge < -0.3 is 10.3 Å². The van der Waals surface area contributed by atoms with E-state index >= 15 is 0 Å². The van der Waals surface area contributed by atoms with Gasteiger partial charge in [0, 0.05) is 17.5 Å². The molecule has 0 aliphatic carbocycles. The van der Waals surface area contributed by atoms with Crippen molar-refractivity contribution in [2.75, 3.05) is 0 Å². The Bertz CT molecular complexity index is 561. The van der Waals surface area contributed by atoms with Crippen molar-refractivity contribution in [3.05, 3.63) is 35.7 Å². The van der Waals surface area contributed by atoms with Crippen LogP contribution in [0, 0.1) is 12.3 Å². The van der Waals surface area contributed by atoms with E-state index < -0.39 is 0 Å². The van der Waals surface area contributed by atoms with Crippen molar-refractivity contribution in [1.29, 1.82) is 5.41 Å². The minimum atomic E-state index is 0.0864. The number of benzene rings is 1. The molecule has 17 heavy (non-hydrogen) atoms. The maximum Gasteiger partial charge on any atom is 0.195 e. The molecule has 0 fully saturated rings. The molecule has 0 aliphatic heterocycles. The van der Waals surface area contributed by atoms with Gasteiger partial charge in [-0.2, -0.15) is 0 Å². The Morgan fingerprint density at radius 3 is 2.76 bits per heavy atom. The number of rotatable bonds is 3. The van der Waals surface area contributed by atoms with Gasteiger partial charge in [-0.15, -0.1) is 10.2 Å². The Balaban J connectivity index is 2.29. The lowest BCUT2D eigenvalue weighted by atomic mass is 10.1. The maximum atomic E-state index is 7.38. The van der Waals surface area contributed by atoms with Gasteiger partial charge in [-0.25, -0.2) is 0 Å². The van der Waals surface area contributed by atoms with Gasteiger partial charge in [-0.3, -0.25) is 5.41 Å². The van der Waals surface area contributed by atoms with Crippen molar-refractivity contribution < 1.29 is 0 Å². The molecule has 0 aliphatic rings. The molecule has 0 saturated heterocycles. The number of aromatic nitrogens is 3. The maximum absolute atomic E-state index is 7.38. The largest absolute Gasteiger partial charge is 0.384 e. The van der Waals surface area contributed by atoms with Crippen molar-refractivity contribution in [1.82, 2.24) is 14.8 Å². The molecule has 6 heteroatoms. The van der Waals surface area contributed by atoms with Crippen molar-refractivity contribution in [3.63, 3.8) is 0 Å². The number of hydrogen-bond acceptors (Lipinski definition) is 4. The monoisotopic (exact) mass is 247 g/mol. The molecule has 2 rings (SSSR count). The molecule has 5 nitrogen and oxygen atoms in total. The average molecular weight is 247 g/mol. The van der Waals surface area contributed by atoms with Crippen molar-refractivity contribution in [2.45, 2.75) is 17.0 Å². The van der Waals surface area contributed by atoms with Crippen LogP contribution in [-0.2, 0) is 7.05 Å². The number of nitrogens with one attached hydrogen (secondary N) is 1. The van der Waals surface area contributed by atoms with Gasteiger partial charge in [0.15, 0.2) is 5.16 Å². The SMILES string of the molecule is Cc1cc(C(=N)N)ccc1Sc1nncn1C. The summed E-state index contributed by atoms with van der Waals surface area (Å²) in [4.78, 5) is 1.09. The molecular weight excluding hydrogens is 234 g/mol. The van der Waals surface area contributed by atoms with E-state index in [1.165, 1.54) is 0 Å². The van der Waals surface area contributed by atoms with E-state index in [0.29, 0.717) is 0 Å². The molecule has 0 unspecified atom stereocenters. The van der Waals surface area contributed by atoms with E-state index in [4.69, 9.17) is 11.1 Å². The van der Waals surface area contributed by atoms with E-state index in [-0.39, 0.29) is 5.84 Å². The average Bonchev–Trinajstić information content (AvgIpc) is 2.67. The summed E-state index contributed by atoms with van der Waals surface area (Å²) in [5, 5.41) is 16.1. The fourth-order valence-corrected chi connectivity index (χ4v) is 2.23. The van der Waals surface area contributed by atoms with E-state index in [0.717, 1.165) is 21.2 Å². The first kappa shape index (κ1) is 11.7. The molecule has 0 bridgehead atoms. The molecule has 0 radical (unpaired) electrons. The van der Waals surface area contributed by atoms with Gasteiger partial charge in [0.1, 0.15) is 12.2 Å². The van der Waals surface area contributed by atoms with Crippen LogP contribution in [0.2, 0.25) is 0 Å². The lowest BCUT2D eigenvalue weighted by Gasteiger charge is -2.06. The Morgan fingerprint density at radius 2 is 2.24 bits per heavy atom. The summed E-state index contributed by atoms with van der Waals surface area (Å²) in [5.74, 6) is 0.0864. The molecule has 0 spiro atoms. The predicted octanol–water partition coefficient (Wildman–Crippen LogP) is 1.56. The zero-order valence-electron chi connectivity index (χ0n) is 9.64. The highest BCUT2D eigenvalue weighted by Gasteiger charge is 2.07. The van der Waals surface area contributed by atoms with Crippen LogP contribution in [0.5, 0.6) is 0 Å². The number of amidine groups is 1. The summed E-state index contributed by atoms with van der Waals surface area (Å²) in [7, 11) is 1.90. The summed E-state index contributed by atoms with van der Waals surface area (Å²) in [6.07, 6.45) is 1.67. The molecule has 0 saturated carbocycles. The van der Waals surface area contributed by atoms with Crippen LogP contribution in [0.1, 0.15) is 11.1 Å². The summed E-state index contributed by atoms with van der Waals surface area (Å²) in [6, 6.07) is 5.69. The van der Waals surface area contributed by atoms with E-state index in [9.17, 15) is 0 Å². The van der Waals surface area contributed by atoms with Crippen LogP contribution < -0.4 is 5.73 Å². The number of hydrogen-bond donors (Lipinski definition) is 2. The highest BCUT2D eigenvalue weighted by molar-refractivity contribution is 7.99. The van der Waals surface area contributed by atoms with Gasteiger partial charge in [-0.1, -0.05) is 6.07 Å². The lowest BCUT2D eigenvalue weighted by Crippen LogP contribution is -2.11. The minimum absolute atomic E-state index is 0.0864. The van der Waals surface area contributed by atoms with Gasteiger partial charge in [0.2, 0.25) is 0 Å². The van der Waals surface area contributed by atoms with Crippen molar-refractivity contribution >= 4 is 17.6 Å². The Kier molecular flexibility index (Phi) is 3.14. The van der Waals surface area contributed by atoms with Crippen LogP contribution in [0.4, 0.5) is 0 Å². The first-order chi connectivity index (χ1) is 8.08. The quantitative estimate of drug-likeness (QED) is 0.637. The highest BCUT2D eigenvalue weighted by atomic mass is 32.2. The Labute approximate surface area is 104 Å². The molecular formula is C11H13N5S. The molecule has 2 aromatic rings. The molecule has 0 amide bonds. The second-order valence-corrected chi connectivity index (χ2v) is 4.73. The fourth-order valence-electron chi connectivity index (χ4n) is 1.39. The van der Waals surface area contributed by atoms with Gasteiger partial charge in [-0.05, 0) is 36.4 Å². The van der Waals surface area contributed by atoms with Gasteiger partial charge in [0.25, 0.3) is 0 Å². The summed E-state index contributed by atoms with van der Waals surface area (Å²) >= 11 is 1.55. The van der Waals surface area contributed by atoms with Crippen LogP contribution in [0.25, 0.3) is 0 Å². The number of nitrogen functional groups attached to an aromatic ring is 1. The van der Waals surface area contributed by atoms with Crippen molar-refractivity contribution in [3.8, 4) is 0 Å². The highest BCUT2D eigenvalue weighted by Crippen LogP contribution is 2.28. The third-order valence-electron chi connectivity index (χ3n) is 2.36. The number of nitrogens with zero attached hydrogens (tertiary/aromatic N) is 3. The number of aryl methyl sites for hydroxylation is 2. The Morgan fingerprint density at radius 1 is 1.47 bits per heavy atom. The molecule has 88 valence electrons. The smallest absolute Gasteiger partial charge is 0.195 e. The third kappa shape index (κ3) is 2.47. The van der Waals surface area contributed by atoms with Crippen LogP contribution in [-0.4, -0.2) is 20.6 Å². The third-order valence-corrected chi connectivity index (χ3v) is 3.59. The first-order valence-corrected chi connectivity index (χ1v) is 5.86. The second-order valence-electron chi connectivity index (χ2n) is 3.72. The summed E-state index contributed by atoms with van der Waals surface area (Å²) in [6.45, 7) is 1.99. The summed E-state index contributed by atoms with van der Waals surface area (Å²) < 4.78 is 1.86. The van der Waals surface area contributed by atoms with E-state index in [1.54, 1.807) is 18.1 Å². The van der Waals surface area contributed by atoms with Crippen LogP contribution >= 0.6 is 11.8 Å². The minimum Gasteiger partial charge on any atom is -0.384 e. The second kappa shape index (κ2) is 4.58. The molecule has 3 N–H and O–H groups in total. The number of nitrogens with two attached hydrogens (primary N) is 1. The van der Waals surface area contributed by atoms with Gasteiger partial charge in [0.05, 0.1) is 0 Å². The molecule has 1 heterocycles. The van der Waals surface area contributed by atoms with Gasteiger partial charge >= 0.3 is 0 Å². The predicted molar refractivity (Wildman–Crippen MR) is 67.3 cm³/mol. The first-order valence-electron chi connectivity index (χ1n) is 5.05. The standard InChI is InChI=1S/C11H13N5S/c1-7-5-8(10(12)13)3-4-9(7)17-11-15-14-6-16(11)2/h3-6H,1-2H3,(H3,12,13). The lowest BCUT2D eigenvalue weighted by molar-refractivity contribution is 0.788. The topological polar surface area (TPSA) is 80.6 Å². The molecule has 1 aromatic heterocycles.